The molecule has 0 aliphatic carbocycles. The summed E-state index contributed by atoms with van der Waals surface area (Å²) in [4.78, 5) is 12.1. The molecule has 1 aliphatic heterocycles. The van der Waals surface area contributed by atoms with Crippen LogP contribution in [0.4, 0.5) is 0 Å². The Morgan fingerprint density at radius 1 is 1.56 bits per heavy atom. The van der Waals surface area contributed by atoms with Gasteiger partial charge in [0.2, 0.25) is 0 Å². The molecule has 5 heteroatoms. The van der Waals surface area contributed by atoms with E-state index in [0.29, 0.717) is 23.0 Å². The van der Waals surface area contributed by atoms with Crippen LogP contribution in [0.3, 0.4) is 0 Å². The number of fused-ring (bicyclic) bond motifs is 1. The second-order valence-electron chi connectivity index (χ2n) is 3.32. The normalized spacial score (nSPS) is 12.9. The molecular weight excluding hydrogens is 228 g/mol. The zero-order chi connectivity index (χ0) is 11.5. The number of unbranched alkanes of at least 4 members (excludes halogenated alkanes) is 1. The number of carbonyl (C=O) groups excluding carboxylic acids is 1. The van der Waals surface area contributed by atoms with E-state index in [1.807, 2.05) is 6.92 Å². The van der Waals surface area contributed by atoms with Crippen LogP contribution in [-0.4, -0.2) is 12.6 Å². The number of esters is 1. The van der Waals surface area contributed by atoms with Crippen LogP contribution in [0.5, 0.6) is 11.5 Å². The van der Waals surface area contributed by atoms with Gasteiger partial charge in [0.05, 0.1) is 6.61 Å². The first kappa shape index (κ1) is 11.0. The lowest BCUT2D eigenvalue weighted by Crippen LogP contribution is -2.05. The molecule has 0 spiro atoms. The number of carbonyl (C=O) groups is 1. The van der Waals surface area contributed by atoms with Crippen LogP contribution < -0.4 is 9.47 Å². The van der Waals surface area contributed by atoms with E-state index in [0.717, 1.165) is 12.8 Å². The minimum atomic E-state index is -0.363. The van der Waals surface area contributed by atoms with Crippen LogP contribution in [0.15, 0.2) is 17.9 Å². The molecule has 16 heavy (non-hydrogen) atoms. The van der Waals surface area contributed by atoms with E-state index in [1.165, 1.54) is 11.3 Å². The third kappa shape index (κ3) is 2.04. The second-order valence-corrected chi connectivity index (χ2v) is 4.20. The number of hydrogen-bond donors (Lipinski definition) is 0. The summed E-state index contributed by atoms with van der Waals surface area (Å²) in [5.74, 6) is 0.798. The Morgan fingerprint density at radius 3 is 3.12 bits per heavy atom. The average molecular weight is 240 g/mol. The third-order valence-corrected chi connectivity index (χ3v) is 2.99. The number of thiophene rings is 1. The van der Waals surface area contributed by atoms with Crippen molar-refractivity contribution < 1.29 is 19.0 Å². The molecule has 86 valence electrons. The van der Waals surface area contributed by atoms with Gasteiger partial charge in [-0.2, -0.15) is 0 Å². The Morgan fingerprint density at radius 2 is 2.38 bits per heavy atom. The largest absolute Gasteiger partial charge is 0.461 e. The van der Waals surface area contributed by atoms with Gasteiger partial charge < -0.3 is 14.2 Å². The molecule has 0 amide bonds. The lowest BCUT2D eigenvalue weighted by molar-refractivity contribution is 0.0503. The topological polar surface area (TPSA) is 44.8 Å². The number of rotatable bonds is 4. The summed E-state index contributed by atoms with van der Waals surface area (Å²) in [5.41, 5.74) is 0. The van der Waals surface area contributed by atoms with E-state index < -0.39 is 0 Å². The van der Waals surface area contributed by atoms with Crippen LogP contribution in [0, 0.1) is 0 Å². The summed E-state index contributed by atoms with van der Waals surface area (Å²) in [6.45, 7) is 6.00. The summed E-state index contributed by atoms with van der Waals surface area (Å²) in [6.07, 6.45) is 1.86. The van der Waals surface area contributed by atoms with Crippen LogP contribution >= 0.6 is 11.3 Å². The first-order valence-corrected chi connectivity index (χ1v) is 5.93. The van der Waals surface area contributed by atoms with Gasteiger partial charge >= 0.3 is 5.97 Å². The average Bonchev–Trinajstić information content (AvgIpc) is 2.76. The summed E-state index contributed by atoms with van der Waals surface area (Å²) in [5, 5.41) is 1.71. The molecule has 4 nitrogen and oxygen atoms in total. The summed E-state index contributed by atoms with van der Waals surface area (Å²) >= 11 is 1.25. The molecule has 1 aromatic rings. The first-order chi connectivity index (χ1) is 7.72. The van der Waals surface area contributed by atoms with Crippen molar-refractivity contribution in [1.29, 1.82) is 0 Å². The molecule has 0 unspecified atom stereocenters. The van der Waals surface area contributed by atoms with Gasteiger partial charge in [0.15, 0.2) is 16.4 Å². The van der Waals surface area contributed by atoms with E-state index in [-0.39, 0.29) is 11.9 Å². The summed E-state index contributed by atoms with van der Waals surface area (Å²) in [6, 6.07) is 0. The van der Waals surface area contributed by atoms with Crippen molar-refractivity contribution in [1.82, 2.24) is 0 Å². The fraction of sp³-hybridized carbons (Fsp3) is 0.364. The minimum Gasteiger partial charge on any atom is -0.461 e. The molecule has 2 heterocycles. The molecule has 0 radical (unpaired) electrons. The maximum Gasteiger partial charge on any atom is 0.352 e. The first-order valence-electron chi connectivity index (χ1n) is 5.05. The lowest BCUT2D eigenvalue weighted by atomic mass is 10.3. The molecule has 2 rings (SSSR count). The van der Waals surface area contributed by atoms with E-state index >= 15 is 0 Å². The highest BCUT2D eigenvalue weighted by atomic mass is 32.1. The van der Waals surface area contributed by atoms with Crippen LogP contribution in [-0.2, 0) is 4.74 Å². The molecular formula is C11H12O4S. The molecule has 1 aliphatic rings. The van der Waals surface area contributed by atoms with Gasteiger partial charge in [-0.25, -0.2) is 4.79 Å². The summed E-state index contributed by atoms with van der Waals surface area (Å²) in [7, 11) is 0. The predicted molar refractivity (Wildman–Crippen MR) is 59.9 cm³/mol. The maximum atomic E-state index is 11.7. The Balaban J connectivity index is 2.05. The van der Waals surface area contributed by atoms with Crippen molar-refractivity contribution in [2.75, 3.05) is 6.61 Å². The van der Waals surface area contributed by atoms with Crippen molar-refractivity contribution in [3.63, 3.8) is 0 Å². The van der Waals surface area contributed by atoms with E-state index in [2.05, 4.69) is 6.58 Å². The Hall–Kier alpha value is -1.49. The van der Waals surface area contributed by atoms with Crippen molar-refractivity contribution in [2.24, 2.45) is 0 Å². The molecule has 0 bridgehead atoms. The van der Waals surface area contributed by atoms with Gasteiger partial charge in [0.1, 0.15) is 0 Å². The predicted octanol–water partition coefficient (Wildman–Crippen LogP) is 2.95. The van der Waals surface area contributed by atoms with Crippen LogP contribution in [0.1, 0.15) is 29.4 Å². The molecule has 0 aromatic carbocycles. The number of ether oxygens (including phenoxy) is 3. The summed E-state index contributed by atoms with van der Waals surface area (Å²) < 4.78 is 15.4. The van der Waals surface area contributed by atoms with Crippen molar-refractivity contribution in [2.45, 2.75) is 19.8 Å². The van der Waals surface area contributed by atoms with Crippen molar-refractivity contribution in [3.05, 3.63) is 22.8 Å². The fourth-order valence-electron chi connectivity index (χ4n) is 1.27. The van der Waals surface area contributed by atoms with Crippen molar-refractivity contribution >= 4 is 17.3 Å². The SMILES string of the molecule is C=C1Oc2csc(C(=O)OCCCC)c2O1. The standard InChI is InChI=1S/C11H12O4S/c1-3-4-5-13-11(12)10-9-8(6-16-10)14-7(2)15-9/h6H,2-5H2,1H3. The molecule has 0 N–H and O–H groups in total. The van der Waals surface area contributed by atoms with Crippen LogP contribution in [0.2, 0.25) is 0 Å². The van der Waals surface area contributed by atoms with Gasteiger partial charge in [0.25, 0.3) is 5.95 Å². The second kappa shape index (κ2) is 4.57. The molecule has 0 saturated carbocycles. The van der Waals surface area contributed by atoms with E-state index in [1.54, 1.807) is 5.38 Å². The van der Waals surface area contributed by atoms with Crippen molar-refractivity contribution in [3.8, 4) is 11.5 Å². The highest BCUT2D eigenvalue weighted by Gasteiger charge is 2.28. The fourth-order valence-corrected chi connectivity index (χ4v) is 2.06. The van der Waals surface area contributed by atoms with E-state index in [4.69, 9.17) is 14.2 Å². The number of hydrogen-bond acceptors (Lipinski definition) is 5. The van der Waals surface area contributed by atoms with Gasteiger partial charge in [-0.15, -0.1) is 11.3 Å². The van der Waals surface area contributed by atoms with Crippen LogP contribution in [0.25, 0.3) is 0 Å². The molecule has 0 fully saturated rings. The molecule has 1 aromatic heterocycles. The quantitative estimate of drug-likeness (QED) is 0.599. The monoisotopic (exact) mass is 240 g/mol. The molecule has 0 atom stereocenters. The Labute approximate surface area is 97.4 Å². The highest BCUT2D eigenvalue weighted by Crippen LogP contribution is 2.43. The highest BCUT2D eigenvalue weighted by molar-refractivity contribution is 7.12. The van der Waals surface area contributed by atoms with Gasteiger partial charge in [-0.1, -0.05) is 13.3 Å². The lowest BCUT2D eigenvalue weighted by Gasteiger charge is -2.02. The Kier molecular flexibility index (Phi) is 3.14. The Bertz CT molecular complexity index is 422. The zero-order valence-corrected chi connectivity index (χ0v) is 9.76. The molecule has 0 saturated heterocycles. The van der Waals surface area contributed by atoms with Gasteiger partial charge in [-0.3, -0.25) is 0 Å². The van der Waals surface area contributed by atoms with E-state index in [9.17, 15) is 4.79 Å². The van der Waals surface area contributed by atoms with Gasteiger partial charge in [0, 0.05) is 5.38 Å². The third-order valence-electron chi connectivity index (χ3n) is 2.07. The zero-order valence-electron chi connectivity index (χ0n) is 8.95. The maximum absolute atomic E-state index is 11.7. The smallest absolute Gasteiger partial charge is 0.352 e. The minimum absolute atomic E-state index is 0.195. The van der Waals surface area contributed by atoms with Gasteiger partial charge in [-0.05, 0) is 13.0 Å².